The Bertz CT molecular complexity index is 606. The third-order valence-corrected chi connectivity index (χ3v) is 4.18. The lowest BCUT2D eigenvalue weighted by Gasteiger charge is -2.21. The van der Waals surface area contributed by atoms with E-state index in [0.717, 1.165) is 18.7 Å². The van der Waals surface area contributed by atoms with Crippen LogP contribution < -0.4 is 5.32 Å². The lowest BCUT2D eigenvalue weighted by atomic mass is 9.95. The molecule has 1 atom stereocenters. The fourth-order valence-corrected chi connectivity index (χ4v) is 3.08. The fraction of sp³-hybridized carbons (Fsp3) is 0.353. The Balaban J connectivity index is 2.35. The highest BCUT2D eigenvalue weighted by Gasteiger charge is 2.18. The molecule has 21 heavy (non-hydrogen) atoms. The van der Waals surface area contributed by atoms with Crippen molar-refractivity contribution in [3.63, 3.8) is 0 Å². The lowest BCUT2D eigenvalue weighted by Crippen LogP contribution is -2.25. The first-order valence-corrected chi connectivity index (χ1v) is 7.88. The van der Waals surface area contributed by atoms with E-state index in [-0.39, 0.29) is 6.04 Å². The Morgan fingerprint density at radius 1 is 1.19 bits per heavy atom. The molecule has 1 aromatic heterocycles. The summed E-state index contributed by atoms with van der Waals surface area (Å²) in [5, 5.41) is 4.64. The van der Waals surface area contributed by atoms with Gasteiger partial charge < -0.3 is 5.32 Å². The molecule has 1 aromatic carbocycles. The fourth-order valence-electron chi connectivity index (χ4n) is 2.57. The third kappa shape index (κ3) is 3.97. The van der Waals surface area contributed by atoms with Gasteiger partial charge in [-0.25, -0.2) is 0 Å². The minimum Gasteiger partial charge on any atom is -0.309 e. The van der Waals surface area contributed by atoms with Gasteiger partial charge in [0.2, 0.25) is 0 Å². The van der Waals surface area contributed by atoms with Gasteiger partial charge in [0, 0.05) is 6.20 Å². The van der Waals surface area contributed by atoms with E-state index in [0.29, 0.717) is 10.0 Å². The molecule has 0 spiro atoms. The summed E-state index contributed by atoms with van der Waals surface area (Å²) in [5.74, 6) is 0. The lowest BCUT2D eigenvalue weighted by molar-refractivity contribution is 0.535. The first-order valence-electron chi connectivity index (χ1n) is 7.12. The van der Waals surface area contributed by atoms with E-state index in [2.05, 4.69) is 49.3 Å². The van der Waals surface area contributed by atoms with Gasteiger partial charge in [0.1, 0.15) is 0 Å². The average molecular weight is 323 g/mol. The summed E-state index contributed by atoms with van der Waals surface area (Å²) in [7, 11) is 0. The van der Waals surface area contributed by atoms with Gasteiger partial charge in [0.25, 0.3) is 0 Å². The molecule has 2 rings (SSSR count). The van der Waals surface area contributed by atoms with E-state index >= 15 is 0 Å². The number of hydrogen-bond donors (Lipinski definition) is 1. The highest BCUT2D eigenvalue weighted by molar-refractivity contribution is 6.34. The summed E-state index contributed by atoms with van der Waals surface area (Å²) in [6.07, 6.45) is 2.51. The molecule has 2 nitrogen and oxygen atoms in total. The van der Waals surface area contributed by atoms with Gasteiger partial charge in [-0.15, -0.1) is 0 Å². The van der Waals surface area contributed by atoms with Crippen LogP contribution in [0.2, 0.25) is 10.0 Å². The van der Waals surface area contributed by atoms with Crippen molar-refractivity contribution in [3.05, 3.63) is 62.9 Å². The zero-order chi connectivity index (χ0) is 15.4. The molecule has 0 bridgehead atoms. The van der Waals surface area contributed by atoms with Crippen molar-refractivity contribution in [1.82, 2.24) is 10.3 Å². The smallest absolute Gasteiger partial charge is 0.0763 e. The topological polar surface area (TPSA) is 24.9 Å². The van der Waals surface area contributed by atoms with Crippen LogP contribution in [0, 0.1) is 13.8 Å². The van der Waals surface area contributed by atoms with Gasteiger partial charge in [-0.2, -0.15) is 0 Å². The van der Waals surface area contributed by atoms with Crippen molar-refractivity contribution in [1.29, 1.82) is 0 Å². The van der Waals surface area contributed by atoms with Crippen LogP contribution in [0.1, 0.15) is 35.3 Å². The molecule has 0 aliphatic carbocycles. The molecule has 0 aliphatic rings. The number of benzene rings is 1. The monoisotopic (exact) mass is 322 g/mol. The number of hydrogen-bond acceptors (Lipinski definition) is 2. The number of halogens is 2. The summed E-state index contributed by atoms with van der Waals surface area (Å²) < 4.78 is 0. The summed E-state index contributed by atoms with van der Waals surface area (Å²) in [4.78, 5) is 4.43. The molecule has 0 saturated carbocycles. The summed E-state index contributed by atoms with van der Waals surface area (Å²) in [6.45, 7) is 7.22. The predicted molar refractivity (Wildman–Crippen MR) is 90.3 cm³/mol. The first-order chi connectivity index (χ1) is 10.0. The standard InChI is InChI=1S/C17H20Cl2N2/c1-4-20-16(17-15(19)8-13(18)10-21-17)9-14-11(2)6-5-7-12(14)3/h5-8,10,16,20H,4,9H2,1-3H3. The van der Waals surface area contributed by atoms with E-state index in [1.54, 1.807) is 12.3 Å². The molecule has 1 N–H and O–H groups in total. The number of aryl methyl sites for hydroxylation is 2. The van der Waals surface area contributed by atoms with E-state index in [4.69, 9.17) is 23.2 Å². The maximum absolute atomic E-state index is 6.32. The van der Waals surface area contributed by atoms with Crippen molar-refractivity contribution in [2.24, 2.45) is 0 Å². The average Bonchev–Trinajstić information content (AvgIpc) is 2.42. The van der Waals surface area contributed by atoms with Gasteiger partial charge in [0.05, 0.1) is 21.8 Å². The van der Waals surface area contributed by atoms with Crippen molar-refractivity contribution in [2.75, 3.05) is 6.54 Å². The molecular formula is C17H20Cl2N2. The molecule has 112 valence electrons. The van der Waals surface area contributed by atoms with Crippen LogP contribution in [0.4, 0.5) is 0 Å². The van der Waals surface area contributed by atoms with Crippen LogP contribution in [-0.2, 0) is 6.42 Å². The molecule has 1 unspecified atom stereocenters. The second-order valence-electron chi connectivity index (χ2n) is 5.21. The van der Waals surface area contributed by atoms with Gasteiger partial charge >= 0.3 is 0 Å². The summed E-state index contributed by atoms with van der Waals surface area (Å²) in [6, 6.07) is 8.20. The van der Waals surface area contributed by atoms with Crippen LogP contribution in [-0.4, -0.2) is 11.5 Å². The summed E-state index contributed by atoms with van der Waals surface area (Å²) >= 11 is 12.3. The van der Waals surface area contributed by atoms with Gasteiger partial charge in [-0.3, -0.25) is 4.98 Å². The predicted octanol–water partition coefficient (Wildman–Crippen LogP) is 4.90. The Hall–Kier alpha value is -1.09. The largest absolute Gasteiger partial charge is 0.309 e. The van der Waals surface area contributed by atoms with Crippen LogP contribution >= 0.6 is 23.2 Å². The molecule has 4 heteroatoms. The molecule has 0 amide bonds. The minimum absolute atomic E-state index is 0.0829. The quantitative estimate of drug-likeness (QED) is 0.846. The number of likely N-dealkylation sites (N-methyl/N-ethyl adjacent to an activating group) is 1. The Kier molecular flexibility index (Phi) is 5.63. The number of nitrogens with one attached hydrogen (secondary N) is 1. The molecule has 1 heterocycles. The number of pyridine rings is 1. The zero-order valence-corrected chi connectivity index (χ0v) is 14.1. The minimum atomic E-state index is 0.0829. The highest BCUT2D eigenvalue weighted by atomic mass is 35.5. The van der Waals surface area contributed by atoms with Gasteiger partial charge in [-0.05, 0) is 49.6 Å². The van der Waals surface area contributed by atoms with E-state index in [9.17, 15) is 0 Å². The van der Waals surface area contributed by atoms with E-state index in [1.165, 1.54) is 16.7 Å². The number of aromatic nitrogens is 1. The molecule has 2 aromatic rings. The van der Waals surface area contributed by atoms with Crippen LogP contribution in [0.5, 0.6) is 0 Å². The van der Waals surface area contributed by atoms with E-state index in [1.807, 2.05) is 0 Å². The Labute approximate surface area is 136 Å². The van der Waals surface area contributed by atoms with Crippen molar-refractivity contribution < 1.29 is 0 Å². The molecule has 0 aliphatic heterocycles. The van der Waals surface area contributed by atoms with Gasteiger partial charge in [0.15, 0.2) is 0 Å². The molecular weight excluding hydrogens is 303 g/mol. The Morgan fingerprint density at radius 2 is 1.86 bits per heavy atom. The zero-order valence-electron chi connectivity index (χ0n) is 12.6. The van der Waals surface area contributed by atoms with Gasteiger partial charge in [-0.1, -0.05) is 48.3 Å². The number of rotatable bonds is 5. The SMILES string of the molecule is CCNC(Cc1c(C)cccc1C)c1ncc(Cl)cc1Cl. The van der Waals surface area contributed by atoms with E-state index < -0.39 is 0 Å². The van der Waals surface area contributed by atoms with Crippen LogP contribution in [0.25, 0.3) is 0 Å². The second kappa shape index (κ2) is 7.26. The number of nitrogens with zero attached hydrogens (tertiary/aromatic N) is 1. The normalized spacial score (nSPS) is 12.4. The molecule has 0 fully saturated rings. The molecule has 0 saturated heterocycles. The highest BCUT2D eigenvalue weighted by Crippen LogP contribution is 2.28. The van der Waals surface area contributed by atoms with Crippen LogP contribution in [0.3, 0.4) is 0 Å². The molecule has 0 radical (unpaired) electrons. The third-order valence-electron chi connectivity index (χ3n) is 3.67. The Morgan fingerprint density at radius 3 is 2.43 bits per heavy atom. The van der Waals surface area contributed by atoms with Crippen molar-refractivity contribution in [2.45, 2.75) is 33.2 Å². The van der Waals surface area contributed by atoms with Crippen LogP contribution in [0.15, 0.2) is 30.5 Å². The second-order valence-corrected chi connectivity index (χ2v) is 6.05. The van der Waals surface area contributed by atoms with Crippen molar-refractivity contribution in [3.8, 4) is 0 Å². The van der Waals surface area contributed by atoms with Crippen molar-refractivity contribution >= 4 is 23.2 Å². The maximum Gasteiger partial charge on any atom is 0.0763 e. The maximum atomic E-state index is 6.32. The first kappa shape index (κ1) is 16.3. The summed E-state index contributed by atoms with van der Waals surface area (Å²) in [5.41, 5.74) is 4.79.